The van der Waals surface area contributed by atoms with Crippen LogP contribution >= 0.6 is 0 Å². The van der Waals surface area contributed by atoms with Gasteiger partial charge in [0.2, 0.25) is 6.29 Å². The molecule has 6 nitrogen and oxygen atoms in total. The summed E-state index contributed by atoms with van der Waals surface area (Å²) in [5, 5.41) is 0. The van der Waals surface area contributed by atoms with Crippen LogP contribution in [0.5, 0.6) is 0 Å². The number of aryl methyl sites for hydroxylation is 2. The second kappa shape index (κ2) is 24.6. The molecule has 0 aromatic heterocycles. The molecule has 0 atom stereocenters. The molecule has 2 aromatic carbocycles. The Morgan fingerprint density at radius 2 is 0.818 bits per heavy atom. The zero-order chi connectivity index (χ0) is 31.7. The number of benzene rings is 2. The van der Waals surface area contributed by atoms with Crippen LogP contribution in [0.3, 0.4) is 0 Å². The fraction of sp³-hybridized carbons (Fsp3) is 0.632. The molecule has 0 radical (unpaired) electrons. The Kier molecular flexibility index (Phi) is 21.0. The number of carbonyl (C=O) groups is 2. The third-order valence-electron chi connectivity index (χ3n) is 8.02. The summed E-state index contributed by atoms with van der Waals surface area (Å²) in [7, 11) is 0. The Balaban J connectivity index is 1.78. The number of hydrogen-bond acceptors (Lipinski definition) is 6. The summed E-state index contributed by atoms with van der Waals surface area (Å²) in [6.07, 6.45) is 22.0. The zero-order valence-corrected chi connectivity index (χ0v) is 27.8. The Bertz CT molecular complexity index is 933. The molecule has 6 heteroatoms. The minimum Gasteiger partial charge on any atom is -0.290 e. The van der Waals surface area contributed by atoms with Crippen LogP contribution in [0.1, 0.15) is 168 Å². The van der Waals surface area contributed by atoms with E-state index in [4.69, 9.17) is 19.6 Å². The van der Waals surface area contributed by atoms with Crippen molar-refractivity contribution < 1.29 is 29.1 Å². The van der Waals surface area contributed by atoms with Gasteiger partial charge in [-0.25, -0.2) is 9.59 Å². The van der Waals surface area contributed by atoms with E-state index in [1.54, 1.807) is 24.3 Å². The molecule has 0 aliphatic rings. The van der Waals surface area contributed by atoms with E-state index in [0.29, 0.717) is 17.5 Å². The molecular weight excluding hydrogens is 552 g/mol. The summed E-state index contributed by atoms with van der Waals surface area (Å²) in [4.78, 5) is 46.2. The van der Waals surface area contributed by atoms with Gasteiger partial charge in [-0.1, -0.05) is 135 Å². The average molecular weight is 611 g/mol. The van der Waals surface area contributed by atoms with Gasteiger partial charge in [0, 0.05) is 6.42 Å². The third kappa shape index (κ3) is 17.0. The Morgan fingerprint density at radius 1 is 0.477 bits per heavy atom. The predicted molar refractivity (Wildman–Crippen MR) is 177 cm³/mol. The van der Waals surface area contributed by atoms with Gasteiger partial charge in [0.1, 0.15) is 0 Å². The summed E-state index contributed by atoms with van der Waals surface area (Å²) < 4.78 is 0. The largest absolute Gasteiger partial charge is 0.373 e. The molecule has 0 fully saturated rings. The molecule has 2 aromatic rings. The van der Waals surface area contributed by atoms with E-state index >= 15 is 0 Å². The number of hydrogen-bond donors (Lipinski definition) is 0. The van der Waals surface area contributed by atoms with Crippen molar-refractivity contribution in [1.82, 2.24) is 0 Å². The van der Waals surface area contributed by atoms with Gasteiger partial charge in [-0.3, -0.25) is 9.78 Å². The lowest BCUT2D eigenvalue weighted by molar-refractivity contribution is -0.421. The third-order valence-corrected chi connectivity index (χ3v) is 8.02. The van der Waals surface area contributed by atoms with Crippen LogP contribution in [0.2, 0.25) is 0 Å². The number of carbonyl (C=O) groups excluding carboxylic acids is 2. The molecule has 0 aliphatic carbocycles. The lowest BCUT2D eigenvalue weighted by atomic mass is 10.0. The normalized spacial score (nSPS) is 11.2. The highest BCUT2D eigenvalue weighted by Crippen LogP contribution is 2.17. The first-order valence-electron chi connectivity index (χ1n) is 17.5. The summed E-state index contributed by atoms with van der Waals surface area (Å²) in [5.74, 6) is -1.22. The van der Waals surface area contributed by atoms with Gasteiger partial charge in [0.05, 0.1) is 11.1 Å². The summed E-state index contributed by atoms with van der Waals surface area (Å²) in [6, 6.07) is 14.7. The standard InChI is InChI=1S/C38H58O6/c1-4-7-10-11-12-13-14-15-16-17-18-19-20-23-36(41-43-37(39)34-28-24-32(25-29-34)21-8-5-2)42-44-38(40)35-30-26-33(27-31-35)22-9-6-3/h24-31,36H,4-23H2,1-3H3. The Morgan fingerprint density at radius 3 is 1.18 bits per heavy atom. The highest BCUT2D eigenvalue weighted by Gasteiger charge is 2.19. The maximum Gasteiger partial charge on any atom is 0.373 e. The lowest BCUT2D eigenvalue weighted by Gasteiger charge is -2.15. The molecule has 0 saturated heterocycles. The summed E-state index contributed by atoms with van der Waals surface area (Å²) in [6.45, 7) is 6.57. The molecule has 0 saturated carbocycles. The molecule has 0 bridgehead atoms. The fourth-order valence-corrected chi connectivity index (χ4v) is 5.11. The van der Waals surface area contributed by atoms with E-state index in [1.165, 1.54) is 75.3 Å². The Labute approximate surface area is 267 Å². The lowest BCUT2D eigenvalue weighted by Crippen LogP contribution is -2.22. The smallest absolute Gasteiger partial charge is 0.290 e. The zero-order valence-electron chi connectivity index (χ0n) is 27.8. The van der Waals surface area contributed by atoms with Gasteiger partial charge in [-0.05, 0) is 67.5 Å². The predicted octanol–water partition coefficient (Wildman–Crippen LogP) is 11.1. The van der Waals surface area contributed by atoms with Crippen LogP contribution in [0, 0.1) is 0 Å². The van der Waals surface area contributed by atoms with Crippen LogP contribution in [0.25, 0.3) is 0 Å². The van der Waals surface area contributed by atoms with E-state index in [2.05, 4.69) is 20.8 Å². The SMILES string of the molecule is CCCCCCCCCCCCCCCC(OOC(=O)c1ccc(CCCC)cc1)OOC(=O)c1ccc(CCCC)cc1. The maximum absolute atomic E-state index is 12.6. The maximum atomic E-state index is 12.6. The highest BCUT2D eigenvalue weighted by molar-refractivity contribution is 5.89. The minimum atomic E-state index is -1.01. The molecule has 0 amide bonds. The van der Waals surface area contributed by atoms with E-state index in [9.17, 15) is 9.59 Å². The quantitative estimate of drug-likeness (QED) is 0.0457. The molecular formula is C38H58O6. The van der Waals surface area contributed by atoms with Gasteiger partial charge in [-0.2, -0.15) is 0 Å². The second-order valence-corrected chi connectivity index (χ2v) is 12.0. The van der Waals surface area contributed by atoms with Crippen molar-refractivity contribution >= 4 is 11.9 Å². The van der Waals surface area contributed by atoms with Crippen molar-refractivity contribution in [2.45, 2.75) is 155 Å². The van der Waals surface area contributed by atoms with Crippen molar-refractivity contribution in [3.05, 3.63) is 70.8 Å². The van der Waals surface area contributed by atoms with Gasteiger partial charge < -0.3 is 0 Å². The van der Waals surface area contributed by atoms with Crippen LogP contribution < -0.4 is 0 Å². The van der Waals surface area contributed by atoms with Crippen molar-refractivity contribution in [2.75, 3.05) is 0 Å². The Hall–Kier alpha value is -2.70. The van der Waals surface area contributed by atoms with E-state index in [-0.39, 0.29) is 0 Å². The average Bonchev–Trinajstić information content (AvgIpc) is 3.05. The van der Waals surface area contributed by atoms with E-state index in [1.807, 2.05) is 24.3 Å². The summed E-state index contributed by atoms with van der Waals surface area (Å²) in [5.41, 5.74) is 3.15. The topological polar surface area (TPSA) is 71.1 Å². The monoisotopic (exact) mass is 610 g/mol. The van der Waals surface area contributed by atoms with Crippen molar-refractivity contribution in [2.24, 2.45) is 0 Å². The molecule has 0 spiro atoms. The molecule has 2 rings (SSSR count). The van der Waals surface area contributed by atoms with Crippen LogP contribution in [-0.2, 0) is 32.4 Å². The summed E-state index contributed by atoms with van der Waals surface area (Å²) >= 11 is 0. The van der Waals surface area contributed by atoms with Crippen LogP contribution in [0.4, 0.5) is 0 Å². The van der Waals surface area contributed by atoms with Crippen LogP contribution in [-0.4, -0.2) is 18.2 Å². The first kappa shape index (κ1) is 37.5. The highest BCUT2D eigenvalue weighted by atomic mass is 17.3. The fourth-order valence-electron chi connectivity index (χ4n) is 5.11. The number of rotatable bonds is 26. The molecule has 0 heterocycles. The molecule has 246 valence electrons. The molecule has 0 N–H and O–H groups in total. The van der Waals surface area contributed by atoms with Crippen LogP contribution in [0.15, 0.2) is 48.5 Å². The van der Waals surface area contributed by atoms with Gasteiger partial charge in [0.25, 0.3) is 0 Å². The second-order valence-electron chi connectivity index (χ2n) is 12.0. The molecule has 0 aliphatic heterocycles. The number of unbranched alkanes of at least 4 members (excludes halogenated alkanes) is 14. The first-order chi connectivity index (χ1) is 21.6. The van der Waals surface area contributed by atoms with E-state index < -0.39 is 18.2 Å². The first-order valence-corrected chi connectivity index (χ1v) is 17.5. The van der Waals surface area contributed by atoms with Gasteiger partial charge in [0.15, 0.2) is 0 Å². The van der Waals surface area contributed by atoms with Crippen molar-refractivity contribution in [3.63, 3.8) is 0 Å². The van der Waals surface area contributed by atoms with Gasteiger partial charge in [-0.15, -0.1) is 9.78 Å². The molecule has 0 unspecified atom stereocenters. The van der Waals surface area contributed by atoms with E-state index in [0.717, 1.165) is 57.8 Å². The minimum absolute atomic E-state index is 0.394. The molecule has 44 heavy (non-hydrogen) atoms. The van der Waals surface area contributed by atoms with Crippen molar-refractivity contribution in [1.29, 1.82) is 0 Å². The van der Waals surface area contributed by atoms with Crippen molar-refractivity contribution in [3.8, 4) is 0 Å². The van der Waals surface area contributed by atoms with Gasteiger partial charge >= 0.3 is 11.9 Å².